The first-order valence-corrected chi connectivity index (χ1v) is 23.6. The summed E-state index contributed by atoms with van der Waals surface area (Å²) >= 11 is 0. The lowest BCUT2D eigenvalue weighted by Crippen LogP contribution is -2.26. The van der Waals surface area contributed by atoms with Gasteiger partial charge in [0.25, 0.3) is 0 Å². The molecule has 0 bridgehead atoms. The number of aromatic hydroxyl groups is 1. The smallest absolute Gasteiger partial charge is 0.306 e. The minimum absolute atomic E-state index is 0.0845. The van der Waals surface area contributed by atoms with Crippen LogP contribution < -0.4 is 4.74 Å². The van der Waals surface area contributed by atoms with Crippen molar-refractivity contribution in [1.82, 2.24) is 0 Å². The molecule has 1 heterocycles. The molecule has 0 radical (unpaired) electrons. The van der Waals surface area contributed by atoms with Crippen molar-refractivity contribution in [2.45, 2.75) is 173 Å². The number of hydrogen-bond acceptors (Lipinski definition) is 6. The maximum absolute atomic E-state index is 11.3. The molecule has 1 saturated heterocycles. The molecule has 4 aromatic carbocycles. The summed E-state index contributed by atoms with van der Waals surface area (Å²) in [6, 6.07) is 25.6. The Bertz CT molecular complexity index is 2360. The second-order valence-electron chi connectivity index (χ2n) is 18.6. The van der Waals surface area contributed by atoms with Crippen LogP contribution in [0.5, 0.6) is 11.5 Å². The van der Waals surface area contributed by atoms with Crippen molar-refractivity contribution < 1.29 is 29.6 Å². The predicted octanol–water partition coefficient (Wildman–Crippen LogP) is 11.9. The molecule has 7 rings (SSSR count). The van der Waals surface area contributed by atoms with Crippen LogP contribution in [0.15, 0.2) is 72.8 Å². The van der Waals surface area contributed by atoms with Crippen molar-refractivity contribution in [2.75, 3.05) is 6.61 Å². The van der Waals surface area contributed by atoms with Crippen LogP contribution in [0.4, 0.5) is 0 Å². The van der Waals surface area contributed by atoms with E-state index in [1.165, 1.54) is 22.3 Å². The Hall–Kier alpha value is -5.01. The molecule has 3 fully saturated rings. The Labute approximate surface area is 377 Å². The summed E-state index contributed by atoms with van der Waals surface area (Å²) in [5, 5.41) is 31.1. The zero-order chi connectivity index (χ0) is 45.4. The van der Waals surface area contributed by atoms with E-state index in [1.807, 2.05) is 13.0 Å². The first-order chi connectivity index (χ1) is 30.1. The number of aliphatic hydroxyl groups is 2. The largest absolute Gasteiger partial charge is 0.508 e. The molecule has 6 heteroatoms. The molecule has 2 aliphatic carbocycles. The molecule has 1 atom stereocenters. The standard InChI is InChI=1S/C31H38O4.C26H32O2/c1-5-31(6-2,25-10-9-24(22(3)19-25)15-18-30(33)16-7-8-17-30)26-11-13-28(23(4)20-26)34-21-27-12-14-29(32)35-27;1-5-26(6-2,23-11-12-24(27)20(4)18-23)22-10-9-21(19(3)17-22)13-16-25(28)14-7-8-15-25/h9-11,13,19-20,27,33H,5-8,12,14,16-17,21H2,1-4H3;9-12,17-18,27-28H,5-8,14-15H2,1-4H3/t27-;/m0./s1. The number of cyclic esters (lactones) is 1. The quantitative estimate of drug-likeness (QED) is 0.103. The molecule has 63 heavy (non-hydrogen) atoms. The number of phenols is 1. The van der Waals surface area contributed by atoms with Crippen LogP contribution in [0.3, 0.4) is 0 Å². The van der Waals surface area contributed by atoms with Gasteiger partial charge in [-0.3, -0.25) is 4.79 Å². The molecule has 6 nitrogen and oxygen atoms in total. The lowest BCUT2D eigenvalue weighted by Gasteiger charge is -2.34. The van der Waals surface area contributed by atoms with E-state index in [0.717, 1.165) is 123 Å². The summed E-state index contributed by atoms with van der Waals surface area (Å²) in [6.45, 7) is 17.6. The number of rotatable bonds is 11. The summed E-state index contributed by atoms with van der Waals surface area (Å²) in [7, 11) is 0. The maximum Gasteiger partial charge on any atom is 0.306 e. The fraction of sp³-hybridized carbons (Fsp3) is 0.491. The number of carbonyl (C=O) groups excluding carboxylic acids is 1. The minimum Gasteiger partial charge on any atom is -0.508 e. The SMILES string of the molecule is CCC(CC)(c1ccc(C#CC2(O)CCCC2)c(C)c1)c1ccc(OC[C@@H]2CCC(=O)O2)c(C)c1.CCC(CC)(c1ccc(O)c(C)c1)c1ccc(C#CC2(O)CCCC2)c(C)c1. The lowest BCUT2D eigenvalue weighted by atomic mass is 9.70. The Morgan fingerprint density at radius 2 is 1.03 bits per heavy atom. The Morgan fingerprint density at radius 1 is 0.619 bits per heavy atom. The number of ether oxygens (including phenoxy) is 2. The first kappa shape index (κ1) is 47.5. The zero-order valence-corrected chi connectivity index (χ0v) is 39.2. The van der Waals surface area contributed by atoms with E-state index < -0.39 is 11.2 Å². The highest BCUT2D eigenvalue weighted by Crippen LogP contribution is 2.42. The van der Waals surface area contributed by atoms with Gasteiger partial charge in [0.1, 0.15) is 35.4 Å². The van der Waals surface area contributed by atoms with Crippen LogP contribution in [0, 0.1) is 51.4 Å². The van der Waals surface area contributed by atoms with Gasteiger partial charge in [-0.2, -0.15) is 0 Å². The van der Waals surface area contributed by atoms with Crippen LogP contribution in [-0.4, -0.2) is 45.2 Å². The number of esters is 1. The van der Waals surface area contributed by atoms with E-state index in [2.05, 4.69) is 133 Å². The first-order valence-electron chi connectivity index (χ1n) is 23.6. The third-order valence-electron chi connectivity index (χ3n) is 14.6. The number of benzene rings is 4. The van der Waals surface area contributed by atoms with Crippen LogP contribution in [0.2, 0.25) is 0 Å². The van der Waals surface area contributed by atoms with E-state index in [1.54, 1.807) is 6.07 Å². The Morgan fingerprint density at radius 3 is 1.41 bits per heavy atom. The number of aryl methyl sites for hydroxylation is 4. The van der Waals surface area contributed by atoms with Gasteiger partial charge in [0.05, 0.1) is 0 Å². The maximum atomic E-state index is 11.3. The fourth-order valence-corrected chi connectivity index (χ4v) is 10.2. The molecule has 4 aromatic rings. The van der Waals surface area contributed by atoms with Gasteiger partial charge in [0.2, 0.25) is 0 Å². The van der Waals surface area contributed by atoms with E-state index in [9.17, 15) is 20.1 Å². The molecule has 0 spiro atoms. The Balaban J connectivity index is 0.000000215. The van der Waals surface area contributed by atoms with Gasteiger partial charge in [0.15, 0.2) is 0 Å². The fourth-order valence-electron chi connectivity index (χ4n) is 10.2. The van der Waals surface area contributed by atoms with E-state index in [-0.39, 0.29) is 22.9 Å². The third-order valence-corrected chi connectivity index (χ3v) is 14.6. The van der Waals surface area contributed by atoms with Crippen LogP contribution >= 0.6 is 0 Å². The number of phenolic OH excluding ortho intramolecular Hbond substituents is 1. The highest BCUT2D eigenvalue weighted by Gasteiger charge is 2.34. The molecule has 0 unspecified atom stereocenters. The monoisotopic (exact) mass is 851 g/mol. The highest BCUT2D eigenvalue weighted by molar-refractivity contribution is 5.71. The summed E-state index contributed by atoms with van der Waals surface area (Å²) in [6.07, 6.45) is 12.3. The van der Waals surface area contributed by atoms with Gasteiger partial charge in [0, 0.05) is 28.4 Å². The van der Waals surface area contributed by atoms with Crippen molar-refractivity contribution in [2.24, 2.45) is 0 Å². The van der Waals surface area contributed by atoms with Crippen LogP contribution in [0.25, 0.3) is 0 Å². The average Bonchev–Trinajstić information content (AvgIpc) is 4.04. The predicted molar refractivity (Wildman–Crippen MR) is 254 cm³/mol. The van der Waals surface area contributed by atoms with Crippen LogP contribution in [0.1, 0.15) is 173 Å². The zero-order valence-electron chi connectivity index (χ0n) is 39.2. The summed E-state index contributed by atoms with van der Waals surface area (Å²) in [4.78, 5) is 11.3. The molecule has 0 amide bonds. The second kappa shape index (κ2) is 20.2. The van der Waals surface area contributed by atoms with Gasteiger partial charge in [-0.05, 0) is 180 Å². The summed E-state index contributed by atoms with van der Waals surface area (Å²) in [5.74, 6) is 13.8. The lowest BCUT2D eigenvalue weighted by molar-refractivity contribution is -0.142. The second-order valence-corrected chi connectivity index (χ2v) is 18.6. The molecular formula is C57H70O6. The van der Waals surface area contributed by atoms with E-state index in [0.29, 0.717) is 18.8 Å². The van der Waals surface area contributed by atoms with Crippen LogP contribution in [-0.2, 0) is 20.4 Å². The Kier molecular flexibility index (Phi) is 15.2. The molecule has 0 aromatic heterocycles. The van der Waals surface area contributed by atoms with Crippen molar-refractivity contribution in [3.63, 3.8) is 0 Å². The van der Waals surface area contributed by atoms with Crippen molar-refractivity contribution >= 4 is 5.97 Å². The number of hydrogen-bond donors (Lipinski definition) is 3. The average molecular weight is 851 g/mol. The van der Waals surface area contributed by atoms with Crippen molar-refractivity contribution in [3.05, 3.63) is 128 Å². The molecule has 1 aliphatic heterocycles. The third kappa shape index (κ3) is 10.7. The minimum atomic E-state index is -0.817. The number of carbonyl (C=O) groups is 1. The summed E-state index contributed by atoms with van der Waals surface area (Å²) in [5.41, 5.74) is 9.55. The topological polar surface area (TPSA) is 96.2 Å². The molecule has 334 valence electrons. The molecular weight excluding hydrogens is 781 g/mol. The molecule has 2 saturated carbocycles. The van der Waals surface area contributed by atoms with Crippen molar-refractivity contribution in [3.8, 4) is 35.2 Å². The summed E-state index contributed by atoms with van der Waals surface area (Å²) < 4.78 is 11.3. The normalized spacial score (nSPS) is 17.7. The van der Waals surface area contributed by atoms with Gasteiger partial charge in [-0.1, -0.05) is 99.9 Å². The van der Waals surface area contributed by atoms with Gasteiger partial charge >= 0.3 is 5.97 Å². The highest BCUT2D eigenvalue weighted by atomic mass is 16.6. The van der Waals surface area contributed by atoms with Crippen molar-refractivity contribution in [1.29, 1.82) is 0 Å². The van der Waals surface area contributed by atoms with Gasteiger partial charge in [-0.25, -0.2) is 0 Å². The van der Waals surface area contributed by atoms with Gasteiger partial charge < -0.3 is 24.8 Å². The van der Waals surface area contributed by atoms with E-state index >= 15 is 0 Å². The van der Waals surface area contributed by atoms with Gasteiger partial charge in [-0.15, -0.1) is 0 Å². The van der Waals surface area contributed by atoms with E-state index in [4.69, 9.17) is 9.47 Å². The molecule has 3 N–H and O–H groups in total. The molecule has 3 aliphatic rings.